The molecule has 0 saturated carbocycles. The number of halogens is 3. The van der Waals surface area contributed by atoms with Gasteiger partial charge in [0.1, 0.15) is 11.2 Å². The van der Waals surface area contributed by atoms with Gasteiger partial charge in [-0.05, 0) is 32.4 Å². The summed E-state index contributed by atoms with van der Waals surface area (Å²) in [5.74, 6) is 0. The summed E-state index contributed by atoms with van der Waals surface area (Å²) in [5.41, 5.74) is -2.22. The van der Waals surface area contributed by atoms with Gasteiger partial charge in [-0.1, -0.05) is 18.2 Å². The number of amides is 1. The summed E-state index contributed by atoms with van der Waals surface area (Å²) in [5, 5.41) is 10.3. The van der Waals surface area contributed by atoms with E-state index in [4.69, 9.17) is 4.74 Å². The molecule has 1 heterocycles. The Balaban J connectivity index is 1.97. The van der Waals surface area contributed by atoms with Crippen molar-refractivity contribution in [3.8, 4) is 0 Å². The Kier molecular flexibility index (Phi) is 4.36. The first-order chi connectivity index (χ1) is 10.4. The second kappa shape index (κ2) is 5.70. The van der Waals surface area contributed by atoms with Crippen LogP contribution < -0.4 is 0 Å². The average molecular weight is 331 g/mol. The Morgan fingerprint density at radius 2 is 1.91 bits per heavy atom. The van der Waals surface area contributed by atoms with Crippen LogP contribution in [0.15, 0.2) is 24.3 Å². The highest BCUT2D eigenvalue weighted by Crippen LogP contribution is 2.32. The number of likely N-dealkylation sites (tertiary alicyclic amines) is 1. The van der Waals surface area contributed by atoms with Gasteiger partial charge >= 0.3 is 12.3 Å². The van der Waals surface area contributed by atoms with Crippen molar-refractivity contribution in [3.05, 3.63) is 35.4 Å². The number of hydrogen-bond acceptors (Lipinski definition) is 3. The van der Waals surface area contributed by atoms with Crippen LogP contribution in [0.5, 0.6) is 0 Å². The fourth-order valence-electron chi connectivity index (χ4n) is 2.47. The number of β-amino-alcohol motifs (C(OH)–C–C–N with tert-alkyl or cyclic N) is 1. The van der Waals surface area contributed by atoms with Crippen LogP contribution >= 0.6 is 0 Å². The van der Waals surface area contributed by atoms with Crippen molar-refractivity contribution in [3.63, 3.8) is 0 Å². The molecule has 1 aliphatic rings. The molecule has 0 unspecified atom stereocenters. The molecule has 2 rings (SSSR count). The van der Waals surface area contributed by atoms with Crippen LogP contribution in [0.2, 0.25) is 0 Å². The molecule has 4 nitrogen and oxygen atoms in total. The molecule has 0 atom stereocenters. The second-order valence-electron chi connectivity index (χ2n) is 6.94. The monoisotopic (exact) mass is 331 g/mol. The topological polar surface area (TPSA) is 49.8 Å². The molecular formula is C16H20F3NO3. The lowest BCUT2D eigenvalue weighted by Gasteiger charge is -2.46. The van der Waals surface area contributed by atoms with E-state index in [9.17, 15) is 23.1 Å². The van der Waals surface area contributed by atoms with Crippen molar-refractivity contribution in [2.45, 2.75) is 44.6 Å². The van der Waals surface area contributed by atoms with Crippen LogP contribution in [0.3, 0.4) is 0 Å². The van der Waals surface area contributed by atoms with Gasteiger partial charge in [-0.2, -0.15) is 13.2 Å². The number of hydrogen-bond donors (Lipinski definition) is 1. The summed E-state index contributed by atoms with van der Waals surface area (Å²) in [6.07, 6.45) is -4.90. The van der Waals surface area contributed by atoms with Crippen LogP contribution in [0.4, 0.5) is 18.0 Å². The number of nitrogens with zero attached hydrogens (tertiary/aromatic N) is 1. The molecule has 1 aliphatic heterocycles. The summed E-state index contributed by atoms with van der Waals surface area (Å²) >= 11 is 0. The van der Waals surface area contributed by atoms with Gasteiger partial charge in [-0.3, -0.25) is 0 Å². The zero-order valence-electron chi connectivity index (χ0n) is 13.3. The van der Waals surface area contributed by atoms with Crippen LogP contribution in [0, 0.1) is 0 Å². The predicted molar refractivity (Wildman–Crippen MR) is 77.9 cm³/mol. The van der Waals surface area contributed by atoms with E-state index in [-0.39, 0.29) is 19.5 Å². The van der Waals surface area contributed by atoms with Gasteiger partial charge in [0.2, 0.25) is 0 Å². The molecule has 1 amide bonds. The van der Waals surface area contributed by atoms with Gasteiger partial charge in [0.05, 0.1) is 18.7 Å². The highest BCUT2D eigenvalue weighted by molar-refractivity contribution is 5.69. The molecule has 0 spiro atoms. The normalized spacial score (nSPS) is 17.6. The smallest absolute Gasteiger partial charge is 0.416 e. The van der Waals surface area contributed by atoms with E-state index in [1.54, 1.807) is 20.8 Å². The molecule has 1 aromatic rings. The number of carbonyl (C=O) groups is 1. The predicted octanol–water partition coefficient (Wildman–Crippen LogP) is 3.23. The van der Waals surface area contributed by atoms with Crippen molar-refractivity contribution in [1.82, 2.24) is 4.90 Å². The molecule has 1 saturated heterocycles. The fraction of sp³-hybridized carbons (Fsp3) is 0.562. The van der Waals surface area contributed by atoms with Crippen LogP contribution in [-0.4, -0.2) is 40.4 Å². The van der Waals surface area contributed by atoms with Crippen LogP contribution in [0.1, 0.15) is 31.9 Å². The third-order valence-corrected chi connectivity index (χ3v) is 3.41. The van der Waals surface area contributed by atoms with Gasteiger partial charge in [0.15, 0.2) is 0 Å². The standard InChI is InChI=1S/C16H20F3NO3/c1-14(2,3)23-13(21)20-9-15(22,10-20)8-11-5-4-6-12(7-11)16(17,18)19/h4-7,22H,8-10H2,1-3H3. The highest BCUT2D eigenvalue weighted by atomic mass is 19.4. The molecule has 1 fully saturated rings. The Hall–Kier alpha value is -1.76. The number of carbonyl (C=O) groups excluding carboxylic acids is 1. The molecule has 23 heavy (non-hydrogen) atoms. The molecule has 7 heteroatoms. The summed E-state index contributed by atoms with van der Waals surface area (Å²) in [4.78, 5) is 13.1. The first kappa shape index (κ1) is 17.6. The maximum Gasteiger partial charge on any atom is 0.416 e. The van der Waals surface area contributed by atoms with E-state index in [0.717, 1.165) is 12.1 Å². The van der Waals surface area contributed by atoms with E-state index in [0.29, 0.717) is 5.56 Å². The highest BCUT2D eigenvalue weighted by Gasteiger charge is 2.45. The van der Waals surface area contributed by atoms with Crippen molar-refractivity contribution in [2.24, 2.45) is 0 Å². The summed E-state index contributed by atoms with van der Waals surface area (Å²) in [6, 6.07) is 4.85. The molecule has 0 bridgehead atoms. The second-order valence-corrected chi connectivity index (χ2v) is 6.94. The number of ether oxygens (including phenoxy) is 1. The SMILES string of the molecule is CC(C)(C)OC(=O)N1CC(O)(Cc2cccc(C(F)(F)F)c2)C1. The van der Waals surface area contributed by atoms with Gasteiger partial charge in [0, 0.05) is 6.42 Å². The average Bonchev–Trinajstić information content (AvgIpc) is 2.33. The molecular weight excluding hydrogens is 311 g/mol. The number of rotatable bonds is 2. The van der Waals surface area contributed by atoms with Crippen LogP contribution in [0.25, 0.3) is 0 Å². The lowest BCUT2D eigenvalue weighted by molar-refractivity contribution is -0.137. The zero-order valence-corrected chi connectivity index (χ0v) is 13.3. The Labute approximate surface area is 132 Å². The van der Waals surface area contributed by atoms with Crippen molar-refractivity contribution < 1.29 is 27.8 Å². The maximum absolute atomic E-state index is 12.7. The molecule has 0 radical (unpaired) electrons. The van der Waals surface area contributed by atoms with E-state index in [1.807, 2.05) is 0 Å². The Bertz CT molecular complexity index is 587. The van der Waals surface area contributed by atoms with Crippen molar-refractivity contribution in [1.29, 1.82) is 0 Å². The van der Waals surface area contributed by atoms with Gasteiger partial charge in [-0.15, -0.1) is 0 Å². The summed E-state index contributed by atoms with van der Waals surface area (Å²) < 4.78 is 43.2. The lowest BCUT2D eigenvalue weighted by atomic mass is 9.87. The molecule has 128 valence electrons. The molecule has 0 aromatic heterocycles. The maximum atomic E-state index is 12.7. The minimum atomic E-state index is -4.42. The van der Waals surface area contributed by atoms with E-state index < -0.39 is 29.0 Å². The van der Waals surface area contributed by atoms with Crippen molar-refractivity contribution in [2.75, 3.05) is 13.1 Å². The van der Waals surface area contributed by atoms with Gasteiger partial charge in [-0.25, -0.2) is 4.79 Å². The van der Waals surface area contributed by atoms with Gasteiger partial charge < -0.3 is 14.7 Å². The number of benzene rings is 1. The summed E-state index contributed by atoms with van der Waals surface area (Å²) in [6.45, 7) is 5.29. The first-order valence-corrected chi connectivity index (χ1v) is 7.24. The minimum absolute atomic E-state index is 0.0398. The molecule has 0 aliphatic carbocycles. The molecule has 1 aromatic carbocycles. The largest absolute Gasteiger partial charge is 0.444 e. The third kappa shape index (κ3) is 4.60. The lowest BCUT2D eigenvalue weighted by Crippen LogP contribution is -2.65. The fourth-order valence-corrected chi connectivity index (χ4v) is 2.47. The zero-order chi connectivity index (χ0) is 17.5. The van der Waals surface area contributed by atoms with E-state index in [1.165, 1.54) is 17.0 Å². The third-order valence-electron chi connectivity index (χ3n) is 3.41. The Morgan fingerprint density at radius 1 is 1.30 bits per heavy atom. The van der Waals surface area contributed by atoms with Crippen LogP contribution in [-0.2, 0) is 17.3 Å². The number of alkyl halides is 3. The van der Waals surface area contributed by atoms with E-state index in [2.05, 4.69) is 0 Å². The van der Waals surface area contributed by atoms with E-state index >= 15 is 0 Å². The summed E-state index contributed by atoms with van der Waals surface area (Å²) in [7, 11) is 0. The minimum Gasteiger partial charge on any atom is -0.444 e. The quantitative estimate of drug-likeness (QED) is 0.905. The molecule has 1 N–H and O–H groups in total. The Morgan fingerprint density at radius 3 is 2.43 bits per heavy atom. The van der Waals surface area contributed by atoms with Gasteiger partial charge in [0.25, 0.3) is 0 Å². The number of aliphatic hydroxyl groups is 1. The first-order valence-electron chi connectivity index (χ1n) is 7.24. The van der Waals surface area contributed by atoms with Crippen molar-refractivity contribution >= 4 is 6.09 Å².